The first kappa shape index (κ1) is 42.9. The van der Waals surface area contributed by atoms with Crippen LogP contribution in [0.5, 0.6) is 0 Å². The third-order valence-electron chi connectivity index (χ3n) is 10.4. The van der Waals surface area contributed by atoms with Crippen LogP contribution in [0.3, 0.4) is 0 Å². The number of hydrogen-bond acceptors (Lipinski definition) is 5. The van der Waals surface area contributed by atoms with Gasteiger partial charge in [0.15, 0.2) is 0 Å². The van der Waals surface area contributed by atoms with Crippen LogP contribution >= 0.6 is 7.26 Å². The monoisotopic (exact) mass is 768 g/mol. The van der Waals surface area contributed by atoms with Gasteiger partial charge < -0.3 is 20.5 Å². The van der Waals surface area contributed by atoms with E-state index in [1.807, 2.05) is 30.4 Å². The molecule has 2 bridgehead atoms. The second-order valence-electron chi connectivity index (χ2n) is 14.1. The molecule has 2 fully saturated rings. The molecule has 0 aliphatic carbocycles. The van der Waals surface area contributed by atoms with Gasteiger partial charge in [-0.05, 0) is 38.0 Å². The molecule has 2 aliphatic heterocycles. The Morgan fingerprint density at radius 3 is 1.84 bits per heavy atom. The zero-order valence-electron chi connectivity index (χ0n) is 31.9. The number of allylic oxidation sites excluding steroid dienone is 4. The molecule has 0 saturated carbocycles. The summed E-state index contributed by atoms with van der Waals surface area (Å²) in [7, 11) is -2.28. The Kier molecular flexibility index (Phi) is 18.1. The number of carbonyl (C=O) groups is 4. The van der Waals surface area contributed by atoms with Gasteiger partial charge in [0.1, 0.15) is 0 Å². The minimum atomic E-state index is -2.28. The van der Waals surface area contributed by atoms with Gasteiger partial charge in [-0.1, -0.05) is 38.0 Å². The summed E-state index contributed by atoms with van der Waals surface area (Å²) in [6.07, 6.45) is 18.9. The Hall–Kier alpha value is -4.85. The fourth-order valence-electron chi connectivity index (χ4n) is 7.64. The number of nitrogens with one attached hydrogen (secondary N) is 2. The van der Waals surface area contributed by atoms with Crippen LogP contribution in [0.4, 0.5) is 0 Å². The molecule has 2 heterocycles. The van der Waals surface area contributed by atoms with Gasteiger partial charge in [0.25, 0.3) is 0 Å². The average molecular weight is 769 g/mol. The summed E-state index contributed by atoms with van der Waals surface area (Å²) >= 11 is 0. The van der Waals surface area contributed by atoms with E-state index in [9.17, 15) is 19.2 Å². The third-order valence-corrected chi connectivity index (χ3v) is 15.2. The van der Waals surface area contributed by atoms with Crippen molar-refractivity contribution < 1.29 is 34.1 Å². The van der Waals surface area contributed by atoms with Crippen molar-refractivity contribution in [1.29, 1.82) is 0 Å². The molecule has 294 valence electrons. The normalized spacial score (nSPS) is 19.3. The predicted molar refractivity (Wildman–Crippen MR) is 223 cm³/mol. The Morgan fingerprint density at radius 1 is 0.709 bits per heavy atom. The molecule has 0 aromatic heterocycles. The van der Waals surface area contributed by atoms with Gasteiger partial charge in [-0.3, -0.25) is 9.59 Å². The van der Waals surface area contributed by atoms with Gasteiger partial charge in [-0.15, -0.1) is 0 Å². The van der Waals surface area contributed by atoms with Crippen molar-refractivity contribution >= 4 is 46.9 Å². The van der Waals surface area contributed by atoms with Crippen LogP contribution < -0.4 is 26.5 Å². The second kappa shape index (κ2) is 23.2. The van der Waals surface area contributed by atoms with Gasteiger partial charge in [0, 0.05) is 25.0 Å². The van der Waals surface area contributed by atoms with Crippen molar-refractivity contribution in [3.8, 4) is 0 Å². The molecule has 4 N–H and O–H groups in total. The van der Waals surface area contributed by atoms with E-state index in [1.165, 1.54) is 15.9 Å². The summed E-state index contributed by atoms with van der Waals surface area (Å²) in [4.78, 5) is 45.2. The van der Waals surface area contributed by atoms with Crippen molar-refractivity contribution in [2.75, 3.05) is 19.3 Å². The number of carboxylic acid groups (broad SMARTS) is 2. The van der Waals surface area contributed by atoms with Gasteiger partial charge in [0.2, 0.25) is 11.8 Å². The maximum absolute atomic E-state index is 12.1. The van der Waals surface area contributed by atoms with Crippen molar-refractivity contribution in [3.63, 3.8) is 0 Å². The quantitative estimate of drug-likeness (QED) is 0.0457. The summed E-state index contributed by atoms with van der Waals surface area (Å²) in [5, 5.41) is 27.2. The Labute approximate surface area is 326 Å². The van der Waals surface area contributed by atoms with Gasteiger partial charge >= 0.3 is 161 Å². The number of carbonyl (C=O) groups excluding carboxylic acids is 2. The van der Waals surface area contributed by atoms with Gasteiger partial charge in [0.05, 0.1) is 18.8 Å². The zero-order chi connectivity index (χ0) is 39.3. The molecular formula is C45H57N2O7P. The summed E-state index contributed by atoms with van der Waals surface area (Å²) in [6, 6.07) is 31.9. The van der Waals surface area contributed by atoms with Crippen LogP contribution in [0, 0.1) is 11.8 Å². The van der Waals surface area contributed by atoms with Crippen LogP contribution in [-0.4, -0.2) is 65.4 Å². The van der Waals surface area contributed by atoms with Crippen molar-refractivity contribution in [2.45, 2.75) is 76.9 Å². The minimum absolute atomic E-state index is 0.0209. The second-order valence-corrected chi connectivity index (χ2v) is 18.1. The SMILES string of the molecule is CCCCCC(=O)NCC(=O)NC[C@H]1[C@@H](C/C=C\C/C=C/C(=O)O)[C@H]2CC[C@@H]1O2.O=C(O)CC=CC[PH](c1ccccc1)(c1ccccc1)c1ccccc1. The molecule has 2 aliphatic rings. The number of benzene rings is 3. The summed E-state index contributed by atoms with van der Waals surface area (Å²) in [5.74, 6) is -1.34. The number of aliphatic carboxylic acids is 2. The van der Waals surface area contributed by atoms with Crippen molar-refractivity contribution in [2.24, 2.45) is 11.8 Å². The van der Waals surface area contributed by atoms with Gasteiger partial charge in [-0.2, -0.15) is 0 Å². The van der Waals surface area contributed by atoms with E-state index in [0.29, 0.717) is 25.3 Å². The van der Waals surface area contributed by atoms with Crippen LogP contribution in [0.2, 0.25) is 0 Å². The van der Waals surface area contributed by atoms with Crippen LogP contribution in [0.25, 0.3) is 0 Å². The van der Waals surface area contributed by atoms with Gasteiger partial charge in [-0.25, -0.2) is 4.79 Å². The maximum atomic E-state index is 12.1. The Bertz CT molecular complexity index is 1630. The summed E-state index contributed by atoms with van der Waals surface area (Å²) < 4.78 is 6.05. The summed E-state index contributed by atoms with van der Waals surface area (Å²) in [6.45, 7) is 2.67. The molecule has 9 nitrogen and oxygen atoms in total. The first-order chi connectivity index (χ1) is 26.7. The number of hydrogen-bond donors (Lipinski definition) is 4. The van der Waals surface area contributed by atoms with E-state index in [2.05, 4.69) is 96.4 Å². The molecule has 0 spiro atoms. The number of ether oxygens (including phenoxy) is 1. The molecule has 4 atom stereocenters. The topological polar surface area (TPSA) is 142 Å². The van der Waals surface area contributed by atoms with Crippen LogP contribution in [0.1, 0.15) is 64.7 Å². The molecule has 2 saturated heterocycles. The van der Waals surface area contributed by atoms with E-state index in [0.717, 1.165) is 50.8 Å². The van der Waals surface area contributed by atoms with E-state index < -0.39 is 19.2 Å². The number of fused-ring (bicyclic) bond motifs is 2. The molecule has 5 rings (SSSR count). The number of amides is 2. The number of carboxylic acids is 2. The molecule has 55 heavy (non-hydrogen) atoms. The molecule has 0 radical (unpaired) electrons. The van der Waals surface area contributed by atoms with Crippen molar-refractivity contribution in [1.82, 2.24) is 10.6 Å². The van der Waals surface area contributed by atoms with Crippen LogP contribution in [0.15, 0.2) is 127 Å². The Balaban J connectivity index is 0.000000246. The molecule has 3 aromatic carbocycles. The molecule has 3 aromatic rings. The Morgan fingerprint density at radius 2 is 1.29 bits per heavy atom. The molecule has 10 heteroatoms. The zero-order valence-corrected chi connectivity index (χ0v) is 32.9. The van der Waals surface area contributed by atoms with Crippen molar-refractivity contribution in [3.05, 3.63) is 127 Å². The number of unbranched alkanes of at least 4 members (excludes halogenated alkanes) is 2. The van der Waals surface area contributed by atoms with E-state index >= 15 is 0 Å². The first-order valence-electron chi connectivity index (χ1n) is 19.5. The molecule has 0 unspecified atom stereocenters. The average Bonchev–Trinajstić information content (AvgIpc) is 3.81. The van der Waals surface area contributed by atoms with E-state index in [4.69, 9.17) is 14.9 Å². The molecule has 2 amide bonds. The van der Waals surface area contributed by atoms with E-state index in [1.54, 1.807) is 12.2 Å². The first-order valence-corrected chi connectivity index (χ1v) is 21.7. The summed E-state index contributed by atoms with van der Waals surface area (Å²) in [5.41, 5.74) is 0. The fraction of sp³-hybridized carbons (Fsp3) is 0.378. The fourth-order valence-corrected chi connectivity index (χ4v) is 12.2. The predicted octanol–water partition coefficient (Wildman–Crippen LogP) is 6.31. The van der Waals surface area contributed by atoms with Crippen LogP contribution in [-0.2, 0) is 23.9 Å². The van der Waals surface area contributed by atoms with E-state index in [-0.39, 0.29) is 42.9 Å². The number of rotatable bonds is 20. The standard InChI is InChI=1S/C23H23O2P.C22H34N2O5/c24-23(25)18-10-11-19-26(20-12-4-1-5-13-20,21-14-6-2-7-15-21)22-16-8-3-9-17-22;1-2-3-6-10-20(25)24-15-21(26)23-14-17-16(18-12-13-19(17)29-18)9-7-4-5-8-11-22(27)28/h1-17,26H,18-19H2,(H,24,25);4,7-8,11,16-19H,2-3,5-6,9-10,12-15H2,1H3,(H,23,26)(H,24,25)(H,27,28)/b;7-4-,11-8+/t;16-,17+,18-,19+/m.1/s1. The molecular weight excluding hydrogens is 711 g/mol. The third kappa shape index (κ3) is 13.4.